The molecule has 2 rings (SSSR count). The lowest BCUT2D eigenvalue weighted by Crippen LogP contribution is -2.35. The minimum Gasteiger partial charge on any atom is -0.444 e. The van der Waals surface area contributed by atoms with E-state index in [4.69, 9.17) is 4.42 Å². The van der Waals surface area contributed by atoms with Crippen LogP contribution in [0.3, 0.4) is 0 Å². The number of nitrogens with zero attached hydrogens (tertiary/aromatic N) is 2. The fourth-order valence-corrected chi connectivity index (χ4v) is 2.30. The van der Waals surface area contributed by atoms with E-state index in [2.05, 4.69) is 9.88 Å². The molecule has 1 saturated heterocycles. The fourth-order valence-electron chi connectivity index (χ4n) is 2.30. The number of likely N-dealkylation sites (tertiary alicyclic amines) is 1. The first-order chi connectivity index (χ1) is 8.06. The van der Waals surface area contributed by atoms with Crippen LogP contribution in [0.15, 0.2) is 4.42 Å². The van der Waals surface area contributed by atoms with E-state index in [1.54, 1.807) is 6.92 Å². The number of carbonyl (C=O) groups excluding carboxylic acids is 1. The van der Waals surface area contributed by atoms with Crippen LogP contribution in [0.2, 0.25) is 0 Å². The van der Waals surface area contributed by atoms with Crippen LogP contribution in [0, 0.1) is 19.8 Å². The van der Waals surface area contributed by atoms with Crippen molar-refractivity contribution >= 4 is 5.78 Å². The molecule has 1 fully saturated rings. The average Bonchev–Trinajstić information content (AvgIpc) is 2.58. The molecule has 1 aliphatic heterocycles. The van der Waals surface area contributed by atoms with Gasteiger partial charge in [0.05, 0.1) is 12.2 Å². The number of ketones is 1. The molecule has 0 aliphatic carbocycles. The molecule has 2 heterocycles. The zero-order chi connectivity index (χ0) is 12.4. The average molecular weight is 236 g/mol. The van der Waals surface area contributed by atoms with E-state index in [-0.39, 0.29) is 5.92 Å². The van der Waals surface area contributed by atoms with Crippen LogP contribution in [-0.4, -0.2) is 28.8 Å². The molecule has 0 spiro atoms. The molecule has 0 amide bonds. The van der Waals surface area contributed by atoms with Gasteiger partial charge >= 0.3 is 0 Å². The van der Waals surface area contributed by atoms with Crippen molar-refractivity contribution in [3.8, 4) is 0 Å². The van der Waals surface area contributed by atoms with Crippen LogP contribution in [-0.2, 0) is 11.3 Å². The number of aryl methyl sites for hydroxylation is 2. The number of piperidine rings is 1. The molecule has 0 radical (unpaired) electrons. The molecule has 1 aliphatic rings. The summed E-state index contributed by atoms with van der Waals surface area (Å²) in [5.74, 6) is 2.28. The first kappa shape index (κ1) is 12.3. The Bertz CT molecular complexity index is 384. The Kier molecular flexibility index (Phi) is 3.62. The minimum atomic E-state index is 0.263. The topological polar surface area (TPSA) is 46.3 Å². The highest BCUT2D eigenvalue weighted by Gasteiger charge is 2.23. The highest BCUT2D eigenvalue weighted by Crippen LogP contribution is 2.20. The van der Waals surface area contributed by atoms with Gasteiger partial charge in [0.25, 0.3) is 0 Å². The Balaban J connectivity index is 1.88. The van der Waals surface area contributed by atoms with Crippen molar-refractivity contribution in [2.75, 3.05) is 13.1 Å². The Morgan fingerprint density at radius 3 is 2.53 bits per heavy atom. The van der Waals surface area contributed by atoms with E-state index < -0.39 is 0 Å². The summed E-state index contributed by atoms with van der Waals surface area (Å²) in [4.78, 5) is 18.0. The molecule has 0 bridgehead atoms. The highest BCUT2D eigenvalue weighted by atomic mass is 16.4. The maximum atomic E-state index is 11.3. The third-order valence-electron chi connectivity index (χ3n) is 3.59. The summed E-state index contributed by atoms with van der Waals surface area (Å²) in [6.07, 6.45) is 1.93. The molecule has 0 atom stereocenters. The van der Waals surface area contributed by atoms with Gasteiger partial charge in [-0.15, -0.1) is 0 Å². The minimum absolute atomic E-state index is 0.263. The number of aromatic nitrogens is 1. The van der Waals surface area contributed by atoms with Crippen LogP contribution < -0.4 is 0 Å². The van der Waals surface area contributed by atoms with Crippen molar-refractivity contribution in [1.29, 1.82) is 0 Å². The van der Waals surface area contributed by atoms with Gasteiger partial charge in [-0.2, -0.15) is 0 Å². The number of Topliss-reactive ketones (excluding diaryl/α,β-unsaturated/α-hetero) is 1. The third-order valence-corrected chi connectivity index (χ3v) is 3.59. The summed E-state index contributed by atoms with van der Waals surface area (Å²) in [6.45, 7) is 8.29. The van der Waals surface area contributed by atoms with Crippen molar-refractivity contribution in [2.24, 2.45) is 5.92 Å². The molecule has 4 nitrogen and oxygen atoms in total. The van der Waals surface area contributed by atoms with Crippen LogP contribution in [0.1, 0.15) is 37.1 Å². The first-order valence-corrected chi connectivity index (χ1v) is 6.22. The zero-order valence-electron chi connectivity index (χ0n) is 10.8. The van der Waals surface area contributed by atoms with E-state index >= 15 is 0 Å². The Morgan fingerprint density at radius 1 is 1.41 bits per heavy atom. The van der Waals surface area contributed by atoms with Gasteiger partial charge in [-0.25, -0.2) is 4.98 Å². The molecule has 4 heteroatoms. The molecule has 94 valence electrons. The predicted octanol–water partition coefficient (Wildman–Crippen LogP) is 2.09. The SMILES string of the molecule is CC(=O)C1CCN(Cc2nc(C)c(C)o2)CC1. The molecular weight excluding hydrogens is 216 g/mol. The summed E-state index contributed by atoms with van der Waals surface area (Å²) < 4.78 is 5.57. The molecular formula is C13H20N2O2. The van der Waals surface area contributed by atoms with E-state index in [1.165, 1.54) is 0 Å². The normalized spacial score (nSPS) is 18.5. The largest absolute Gasteiger partial charge is 0.444 e. The van der Waals surface area contributed by atoms with E-state index in [0.717, 1.165) is 49.8 Å². The van der Waals surface area contributed by atoms with Crippen molar-refractivity contribution in [3.63, 3.8) is 0 Å². The molecule has 0 aromatic carbocycles. The van der Waals surface area contributed by atoms with Gasteiger partial charge in [0.2, 0.25) is 5.89 Å². The molecule has 1 aromatic rings. The van der Waals surface area contributed by atoms with Gasteiger partial charge in [-0.1, -0.05) is 0 Å². The lowest BCUT2D eigenvalue weighted by atomic mass is 9.93. The summed E-state index contributed by atoms with van der Waals surface area (Å²) in [7, 11) is 0. The number of oxazole rings is 1. The van der Waals surface area contributed by atoms with Crippen LogP contribution >= 0.6 is 0 Å². The number of rotatable bonds is 3. The predicted molar refractivity (Wildman–Crippen MR) is 64.7 cm³/mol. The van der Waals surface area contributed by atoms with Crippen molar-refractivity contribution < 1.29 is 9.21 Å². The Labute approximate surface area is 102 Å². The summed E-state index contributed by atoms with van der Waals surface area (Å²) in [5, 5.41) is 0. The maximum Gasteiger partial charge on any atom is 0.208 e. The molecule has 0 N–H and O–H groups in total. The van der Waals surface area contributed by atoms with Crippen molar-refractivity contribution in [3.05, 3.63) is 17.3 Å². The van der Waals surface area contributed by atoms with E-state index in [0.29, 0.717) is 5.78 Å². The van der Waals surface area contributed by atoms with Gasteiger partial charge in [-0.3, -0.25) is 9.69 Å². The van der Waals surface area contributed by atoms with Crippen molar-refractivity contribution in [1.82, 2.24) is 9.88 Å². The highest BCUT2D eigenvalue weighted by molar-refractivity contribution is 5.78. The van der Waals surface area contributed by atoms with Crippen LogP contribution in [0.5, 0.6) is 0 Å². The van der Waals surface area contributed by atoms with Gasteiger partial charge in [0, 0.05) is 5.92 Å². The lowest BCUT2D eigenvalue weighted by Gasteiger charge is -2.29. The summed E-state index contributed by atoms with van der Waals surface area (Å²) >= 11 is 0. The number of hydrogen-bond acceptors (Lipinski definition) is 4. The molecule has 0 saturated carbocycles. The Hall–Kier alpha value is -1.16. The van der Waals surface area contributed by atoms with Gasteiger partial charge in [0.15, 0.2) is 0 Å². The van der Waals surface area contributed by atoms with Gasteiger partial charge in [0.1, 0.15) is 11.5 Å². The lowest BCUT2D eigenvalue weighted by molar-refractivity contribution is -0.122. The smallest absolute Gasteiger partial charge is 0.208 e. The number of hydrogen-bond donors (Lipinski definition) is 0. The molecule has 0 unspecified atom stereocenters. The zero-order valence-corrected chi connectivity index (χ0v) is 10.8. The van der Waals surface area contributed by atoms with Crippen LogP contribution in [0.25, 0.3) is 0 Å². The van der Waals surface area contributed by atoms with E-state index in [9.17, 15) is 4.79 Å². The monoisotopic (exact) mass is 236 g/mol. The number of carbonyl (C=O) groups is 1. The second kappa shape index (κ2) is 5.00. The fraction of sp³-hybridized carbons (Fsp3) is 0.692. The maximum absolute atomic E-state index is 11.3. The second-order valence-electron chi connectivity index (χ2n) is 4.91. The molecule has 17 heavy (non-hydrogen) atoms. The van der Waals surface area contributed by atoms with Crippen LogP contribution in [0.4, 0.5) is 0 Å². The quantitative estimate of drug-likeness (QED) is 0.806. The summed E-state index contributed by atoms with van der Waals surface area (Å²) in [5.41, 5.74) is 0.971. The Morgan fingerprint density at radius 2 is 2.06 bits per heavy atom. The van der Waals surface area contributed by atoms with Crippen molar-refractivity contribution in [2.45, 2.75) is 40.2 Å². The molecule has 1 aromatic heterocycles. The second-order valence-corrected chi connectivity index (χ2v) is 4.91. The summed E-state index contributed by atoms with van der Waals surface area (Å²) in [6, 6.07) is 0. The van der Waals surface area contributed by atoms with Gasteiger partial charge < -0.3 is 4.42 Å². The first-order valence-electron chi connectivity index (χ1n) is 6.22. The van der Waals surface area contributed by atoms with E-state index in [1.807, 2.05) is 13.8 Å². The van der Waals surface area contributed by atoms with Gasteiger partial charge in [-0.05, 0) is 46.7 Å². The standard InChI is InChI=1S/C13H20N2O2/c1-9-11(3)17-13(14-9)8-15-6-4-12(5-7-15)10(2)16/h12H,4-8H2,1-3H3. The third kappa shape index (κ3) is 2.94.